The zero-order valence-electron chi connectivity index (χ0n) is 29.3. The van der Waals surface area contributed by atoms with E-state index >= 15 is 0 Å². The van der Waals surface area contributed by atoms with Crippen LogP contribution in [0.5, 0.6) is 0 Å². The van der Waals surface area contributed by atoms with Crippen LogP contribution in [0.25, 0.3) is 94.0 Å². The van der Waals surface area contributed by atoms with Gasteiger partial charge in [0.05, 0.1) is 28.1 Å². The highest BCUT2D eigenvalue weighted by Crippen LogP contribution is 2.44. The van der Waals surface area contributed by atoms with Gasteiger partial charge in [-0.15, -0.1) is 11.3 Å². The molecule has 0 fully saturated rings. The van der Waals surface area contributed by atoms with Gasteiger partial charge in [-0.3, -0.25) is 0 Å². The fourth-order valence-corrected chi connectivity index (χ4v) is 9.20. The lowest BCUT2D eigenvalue weighted by Crippen LogP contribution is -2.03. The van der Waals surface area contributed by atoms with Crippen molar-refractivity contribution in [3.05, 3.63) is 180 Å². The molecule has 5 heteroatoms. The summed E-state index contributed by atoms with van der Waals surface area (Å²) in [4.78, 5) is 17.0. The standard InChI is InChI=1S/C49H32N4S/c1-4-12-31(13-5-1)41-30-42(32-14-6-2-7-15-32)51-48(50-41)35-22-25-38-34(28-35)21-20-33-24-27-45-47(46(33)38)52-49(54-45)36-23-26-40-39-18-10-11-19-43(39)53(44(40)29-36)37-16-8-3-9-17-37/h1-23,25-26,28-30H,24,27H2. The molecule has 254 valence electrons. The summed E-state index contributed by atoms with van der Waals surface area (Å²) in [6, 6.07) is 60.2. The number of hydrogen-bond donors (Lipinski definition) is 0. The molecule has 0 saturated carbocycles. The molecule has 3 heterocycles. The Morgan fingerprint density at radius 3 is 1.87 bits per heavy atom. The number of hydrogen-bond acceptors (Lipinski definition) is 4. The second-order valence-corrected chi connectivity index (χ2v) is 15.0. The van der Waals surface area contributed by atoms with Crippen LogP contribution in [0.2, 0.25) is 0 Å². The Balaban J connectivity index is 1.02. The summed E-state index contributed by atoms with van der Waals surface area (Å²) in [6.07, 6.45) is 2.00. The van der Waals surface area contributed by atoms with E-state index < -0.39 is 0 Å². The highest BCUT2D eigenvalue weighted by Gasteiger charge is 2.24. The topological polar surface area (TPSA) is 43.6 Å². The molecule has 0 bridgehead atoms. The van der Waals surface area contributed by atoms with E-state index in [-0.39, 0.29) is 0 Å². The van der Waals surface area contributed by atoms with Gasteiger partial charge >= 0.3 is 0 Å². The fraction of sp³-hybridized carbons (Fsp3) is 0.0408. The fourth-order valence-electron chi connectivity index (χ4n) is 8.14. The Kier molecular flexibility index (Phi) is 7.13. The molecule has 0 saturated heterocycles. The lowest BCUT2D eigenvalue weighted by atomic mass is 9.88. The smallest absolute Gasteiger partial charge is 0.160 e. The Morgan fingerprint density at radius 1 is 0.463 bits per heavy atom. The first kappa shape index (κ1) is 30.9. The Hall–Kier alpha value is -6.69. The maximum absolute atomic E-state index is 5.43. The molecule has 10 aromatic rings. The van der Waals surface area contributed by atoms with Crippen LogP contribution in [-0.4, -0.2) is 19.5 Å². The van der Waals surface area contributed by atoms with E-state index in [9.17, 15) is 0 Å². The molecule has 7 aromatic carbocycles. The molecule has 4 nitrogen and oxygen atoms in total. The van der Waals surface area contributed by atoms with Crippen LogP contribution >= 0.6 is 11.3 Å². The normalized spacial score (nSPS) is 12.3. The van der Waals surface area contributed by atoms with Gasteiger partial charge < -0.3 is 4.57 Å². The zero-order valence-corrected chi connectivity index (χ0v) is 30.1. The van der Waals surface area contributed by atoms with E-state index in [4.69, 9.17) is 15.0 Å². The van der Waals surface area contributed by atoms with Crippen molar-refractivity contribution in [2.45, 2.75) is 12.8 Å². The minimum absolute atomic E-state index is 0.717. The van der Waals surface area contributed by atoms with Gasteiger partial charge in [-0.05, 0) is 65.6 Å². The molecule has 0 unspecified atom stereocenters. The number of aromatic nitrogens is 4. The molecule has 0 atom stereocenters. The largest absolute Gasteiger partial charge is 0.309 e. The van der Waals surface area contributed by atoms with Crippen molar-refractivity contribution in [2.75, 3.05) is 0 Å². The Labute approximate surface area is 316 Å². The summed E-state index contributed by atoms with van der Waals surface area (Å²) in [5.41, 5.74) is 13.4. The van der Waals surface area contributed by atoms with E-state index in [1.54, 1.807) is 0 Å². The molecule has 1 aliphatic carbocycles. The van der Waals surface area contributed by atoms with E-state index in [1.165, 1.54) is 43.2 Å². The van der Waals surface area contributed by atoms with Gasteiger partial charge in [0, 0.05) is 49.2 Å². The summed E-state index contributed by atoms with van der Waals surface area (Å²) in [5, 5.41) is 5.96. The van der Waals surface area contributed by atoms with Crippen molar-refractivity contribution < 1.29 is 0 Å². The third kappa shape index (κ3) is 5.08. The Bertz CT molecular complexity index is 2980. The van der Waals surface area contributed by atoms with Gasteiger partial charge in [0.2, 0.25) is 0 Å². The average molecular weight is 709 g/mol. The molecular formula is C49H32N4S. The number of benzene rings is 7. The van der Waals surface area contributed by atoms with Crippen molar-refractivity contribution in [2.24, 2.45) is 0 Å². The third-order valence-electron chi connectivity index (χ3n) is 10.7. The predicted molar refractivity (Wildman–Crippen MR) is 224 cm³/mol. The number of thiazole rings is 1. The SMILES string of the molecule is c1ccc(-c2cc(-c3ccccc3)nc(-c3ccc4c5c(ccc4c3)CCc3sc(-c4ccc6c7ccccc7n(-c7ccccc7)c6c4)nc3-5)n2)cc1. The summed E-state index contributed by atoms with van der Waals surface area (Å²) in [6.45, 7) is 0. The molecule has 1 aliphatic rings. The van der Waals surface area contributed by atoms with Gasteiger partial charge in [-0.2, -0.15) is 0 Å². The van der Waals surface area contributed by atoms with Crippen LogP contribution in [0, 0.1) is 0 Å². The molecule has 54 heavy (non-hydrogen) atoms. The maximum Gasteiger partial charge on any atom is 0.160 e. The predicted octanol–water partition coefficient (Wildman–Crippen LogP) is 12.6. The monoisotopic (exact) mass is 708 g/mol. The second kappa shape index (κ2) is 12.5. The van der Waals surface area contributed by atoms with Crippen LogP contribution in [0.15, 0.2) is 170 Å². The van der Waals surface area contributed by atoms with Crippen molar-refractivity contribution >= 4 is 43.9 Å². The van der Waals surface area contributed by atoms with E-state index in [0.717, 1.165) is 74.1 Å². The molecule has 0 N–H and O–H groups in total. The average Bonchev–Trinajstić information content (AvgIpc) is 3.84. The Morgan fingerprint density at radius 2 is 1.11 bits per heavy atom. The lowest BCUT2D eigenvalue weighted by Gasteiger charge is -2.18. The lowest BCUT2D eigenvalue weighted by molar-refractivity contribution is 0.959. The number of fused-ring (bicyclic) bond motifs is 8. The van der Waals surface area contributed by atoms with Crippen LogP contribution in [0.1, 0.15) is 10.4 Å². The van der Waals surface area contributed by atoms with E-state index in [0.29, 0.717) is 0 Å². The second-order valence-electron chi connectivity index (χ2n) is 13.9. The van der Waals surface area contributed by atoms with E-state index in [2.05, 4.69) is 162 Å². The summed E-state index contributed by atoms with van der Waals surface area (Å²) < 4.78 is 2.38. The van der Waals surface area contributed by atoms with Crippen LogP contribution in [0.4, 0.5) is 0 Å². The van der Waals surface area contributed by atoms with E-state index in [1.807, 2.05) is 23.5 Å². The number of para-hydroxylation sites is 2. The maximum atomic E-state index is 5.43. The molecular weight excluding hydrogens is 677 g/mol. The highest BCUT2D eigenvalue weighted by atomic mass is 32.1. The van der Waals surface area contributed by atoms with Gasteiger partial charge in [0.1, 0.15) is 5.01 Å². The molecule has 0 amide bonds. The molecule has 11 rings (SSSR count). The van der Waals surface area contributed by atoms with Crippen molar-refractivity contribution in [1.29, 1.82) is 0 Å². The number of nitrogens with zero attached hydrogens (tertiary/aromatic N) is 4. The van der Waals surface area contributed by atoms with Gasteiger partial charge in [0.15, 0.2) is 5.82 Å². The summed E-state index contributed by atoms with van der Waals surface area (Å²) in [5.74, 6) is 0.717. The first-order valence-corrected chi connectivity index (χ1v) is 19.2. The zero-order chi connectivity index (χ0) is 35.6. The van der Waals surface area contributed by atoms with Crippen LogP contribution in [-0.2, 0) is 12.8 Å². The van der Waals surface area contributed by atoms with Gasteiger partial charge in [-0.1, -0.05) is 133 Å². The van der Waals surface area contributed by atoms with Crippen molar-refractivity contribution in [3.63, 3.8) is 0 Å². The highest BCUT2D eigenvalue weighted by molar-refractivity contribution is 7.15. The molecule has 0 spiro atoms. The van der Waals surface area contributed by atoms with Crippen LogP contribution in [0.3, 0.4) is 0 Å². The quantitative estimate of drug-likeness (QED) is 0.179. The number of aryl methyl sites for hydroxylation is 2. The summed E-state index contributed by atoms with van der Waals surface area (Å²) in [7, 11) is 0. The van der Waals surface area contributed by atoms with Gasteiger partial charge in [0.25, 0.3) is 0 Å². The van der Waals surface area contributed by atoms with Gasteiger partial charge in [-0.25, -0.2) is 15.0 Å². The minimum atomic E-state index is 0.717. The van der Waals surface area contributed by atoms with Crippen molar-refractivity contribution in [3.8, 4) is 61.4 Å². The molecule has 3 aromatic heterocycles. The molecule has 0 radical (unpaired) electrons. The first-order chi connectivity index (χ1) is 26.7. The van der Waals surface area contributed by atoms with Crippen LogP contribution < -0.4 is 0 Å². The van der Waals surface area contributed by atoms with Crippen molar-refractivity contribution in [1.82, 2.24) is 19.5 Å². The first-order valence-electron chi connectivity index (χ1n) is 18.4. The minimum Gasteiger partial charge on any atom is -0.309 e. The number of rotatable bonds is 5. The molecule has 0 aliphatic heterocycles. The third-order valence-corrected chi connectivity index (χ3v) is 11.9. The summed E-state index contributed by atoms with van der Waals surface area (Å²) >= 11 is 1.84.